The van der Waals surface area contributed by atoms with Gasteiger partial charge >= 0.3 is 0 Å². The van der Waals surface area contributed by atoms with Crippen LogP contribution in [0.25, 0.3) is 10.9 Å². The van der Waals surface area contributed by atoms with Crippen LogP contribution < -0.4 is 4.90 Å². The van der Waals surface area contributed by atoms with Crippen LogP contribution >= 0.6 is 0 Å². The summed E-state index contributed by atoms with van der Waals surface area (Å²) in [6, 6.07) is 17.8. The molecule has 4 rings (SSSR count). The fourth-order valence-electron chi connectivity index (χ4n) is 3.59. The number of amides is 1. The van der Waals surface area contributed by atoms with Gasteiger partial charge in [-0.15, -0.1) is 0 Å². The fraction of sp³-hybridized carbons (Fsp3) is 0.238. The number of ketones is 1. The molecule has 1 fully saturated rings. The molecule has 0 bridgehead atoms. The summed E-state index contributed by atoms with van der Waals surface area (Å²) in [6.07, 6.45) is 1.76. The summed E-state index contributed by atoms with van der Waals surface area (Å²) in [5.74, 6) is -0.830. The Kier molecular flexibility index (Phi) is 4.21. The minimum atomic E-state index is -0.421. The highest BCUT2D eigenvalue weighted by atomic mass is 16.2. The van der Waals surface area contributed by atoms with Gasteiger partial charge in [0.2, 0.25) is 0 Å². The Balaban J connectivity index is 1.49. The van der Waals surface area contributed by atoms with Crippen LogP contribution in [0.3, 0.4) is 0 Å². The predicted molar refractivity (Wildman–Crippen MR) is 102 cm³/mol. The number of piperazine rings is 1. The SMILES string of the molecule is Cn1cc(C(=O)C(=O)N2CCN(c3ccccc3)CC2)c2ccccc21. The molecule has 0 saturated carbocycles. The zero-order valence-corrected chi connectivity index (χ0v) is 14.8. The van der Waals surface area contributed by atoms with Crippen LogP contribution in [0.5, 0.6) is 0 Å². The van der Waals surface area contributed by atoms with Crippen LogP contribution in [-0.2, 0) is 11.8 Å². The van der Waals surface area contributed by atoms with Crippen molar-refractivity contribution < 1.29 is 9.59 Å². The second kappa shape index (κ2) is 6.67. The van der Waals surface area contributed by atoms with Crippen molar-refractivity contribution in [2.75, 3.05) is 31.1 Å². The van der Waals surface area contributed by atoms with Crippen molar-refractivity contribution in [2.45, 2.75) is 0 Å². The fourth-order valence-corrected chi connectivity index (χ4v) is 3.59. The van der Waals surface area contributed by atoms with E-state index in [2.05, 4.69) is 17.0 Å². The zero-order valence-electron chi connectivity index (χ0n) is 14.8. The maximum Gasteiger partial charge on any atom is 0.295 e. The topological polar surface area (TPSA) is 45.6 Å². The molecule has 3 aromatic rings. The van der Waals surface area contributed by atoms with Gasteiger partial charge in [0.05, 0.1) is 5.56 Å². The highest BCUT2D eigenvalue weighted by Gasteiger charge is 2.28. The van der Waals surface area contributed by atoms with Crippen molar-refractivity contribution >= 4 is 28.3 Å². The molecular weight excluding hydrogens is 326 g/mol. The molecule has 2 heterocycles. The van der Waals surface area contributed by atoms with E-state index >= 15 is 0 Å². The molecule has 2 aromatic carbocycles. The van der Waals surface area contributed by atoms with Crippen molar-refractivity contribution in [3.8, 4) is 0 Å². The molecule has 1 amide bonds. The number of hydrogen-bond donors (Lipinski definition) is 0. The second-order valence-corrected chi connectivity index (χ2v) is 6.61. The minimum Gasteiger partial charge on any atom is -0.368 e. The first-order chi connectivity index (χ1) is 12.6. The number of aryl methyl sites for hydroxylation is 1. The van der Waals surface area contributed by atoms with E-state index in [9.17, 15) is 9.59 Å². The lowest BCUT2D eigenvalue weighted by atomic mass is 10.1. The van der Waals surface area contributed by atoms with Crippen molar-refractivity contribution in [3.05, 3.63) is 66.4 Å². The number of para-hydroxylation sites is 2. The third kappa shape index (κ3) is 2.86. The average molecular weight is 347 g/mol. The summed E-state index contributed by atoms with van der Waals surface area (Å²) in [5, 5.41) is 0.830. The zero-order chi connectivity index (χ0) is 18.1. The van der Waals surface area contributed by atoms with Gasteiger partial charge in [0.25, 0.3) is 11.7 Å². The second-order valence-electron chi connectivity index (χ2n) is 6.61. The Morgan fingerprint density at radius 2 is 1.50 bits per heavy atom. The van der Waals surface area contributed by atoms with Crippen molar-refractivity contribution in [2.24, 2.45) is 7.05 Å². The summed E-state index contributed by atoms with van der Waals surface area (Å²) in [5.41, 5.74) is 2.59. The molecule has 1 aromatic heterocycles. The van der Waals surface area contributed by atoms with E-state index in [0.717, 1.165) is 29.7 Å². The largest absolute Gasteiger partial charge is 0.368 e. The van der Waals surface area contributed by atoms with Crippen LogP contribution in [-0.4, -0.2) is 47.3 Å². The summed E-state index contributed by atoms with van der Waals surface area (Å²) < 4.78 is 1.89. The van der Waals surface area contributed by atoms with Crippen LogP contribution in [0, 0.1) is 0 Å². The third-order valence-corrected chi connectivity index (χ3v) is 5.02. The van der Waals surface area contributed by atoms with Gasteiger partial charge in [0.15, 0.2) is 0 Å². The van der Waals surface area contributed by atoms with Crippen molar-refractivity contribution in [1.82, 2.24) is 9.47 Å². The molecule has 5 nitrogen and oxygen atoms in total. The molecule has 26 heavy (non-hydrogen) atoms. The number of anilines is 1. The van der Waals surface area contributed by atoms with E-state index in [4.69, 9.17) is 0 Å². The monoisotopic (exact) mass is 347 g/mol. The summed E-state index contributed by atoms with van der Waals surface area (Å²) in [6.45, 7) is 2.59. The number of carbonyl (C=O) groups excluding carboxylic acids is 2. The van der Waals surface area contributed by atoms with Gasteiger partial charge in [0.1, 0.15) is 0 Å². The first-order valence-corrected chi connectivity index (χ1v) is 8.83. The standard InChI is InChI=1S/C21H21N3O2/c1-22-15-18(17-9-5-6-10-19(17)22)20(25)21(26)24-13-11-23(12-14-24)16-7-3-2-4-8-16/h2-10,15H,11-14H2,1H3. The molecule has 0 N–H and O–H groups in total. The number of rotatable bonds is 3. The van der Waals surface area contributed by atoms with Crippen LogP contribution in [0.4, 0.5) is 5.69 Å². The van der Waals surface area contributed by atoms with Gasteiger partial charge in [-0.25, -0.2) is 0 Å². The van der Waals surface area contributed by atoms with E-state index in [1.807, 2.05) is 54.1 Å². The Hall–Kier alpha value is -3.08. The van der Waals surface area contributed by atoms with E-state index in [-0.39, 0.29) is 0 Å². The van der Waals surface area contributed by atoms with Crippen molar-refractivity contribution in [3.63, 3.8) is 0 Å². The molecule has 0 spiro atoms. The van der Waals surface area contributed by atoms with Gasteiger partial charge in [-0.1, -0.05) is 36.4 Å². The van der Waals surface area contributed by atoms with Gasteiger partial charge in [0, 0.05) is 56.0 Å². The molecule has 1 aliphatic rings. The van der Waals surface area contributed by atoms with Gasteiger partial charge in [-0.3, -0.25) is 9.59 Å². The first kappa shape index (κ1) is 16.4. The average Bonchev–Trinajstić information content (AvgIpc) is 3.05. The number of benzene rings is 2. The molecule has 0 atom stereocenters. The summed E-state index contributed by atoms with van der Waals surface area (Å²) in [7, 11) is 1.89. The first-order valence-electron chi connectivity index (χ1n) is 8.83. The summed E-state index contributed by atoms with van der Waals surface area (Å²) in [4.78, 5) is 29.5. The normalized spacial score (nSPS) is 14.7. The lowest BCUT2D eigenvalue weighted by Crippen LogP contribution is -2.50. The molecule has 1 aliphatic heterocycles. The smallest absolute Gasteiger partial charge is 0.295 e. The lowest BCUT2D eigenvalue weighted by molar-refractivity contribution is -0.126. The molecule has 5 heteroatoms. The Bertz CT molecular complexity index is 954. The molecule has 0 radical (unpaired) electrons. The van der Waals surface area contributed by atoms with Gasteiger partial charge in [-0.2, -0.15) is 0 Å². The predicted octanol–water partition coefficient (Wildman–Crippen LogP) is 2.71. The highest BCUT2D eigenvalue weighted by Crippen LogP contribution is 2.22. The molecule has 132 valence electrons. The number of carbonyl (C=O) groups is 2. The quantitative estimate of drug-likeness (QED) is 0.541. The lowest BCUT2D eigenvalue weighted by Gasteiger charge is -2.35. The summed E-state index contributed by atoms with van der Waals surface area (Å²) >= 11 is 0. The van der Waals surface area contributed by atoms with Crippen LogP contribution in [0.1, 0.15) is 10.4 Å². The maximum atomic E-state index is 12.8. The number of hydrogen-bond acceptors (Lipinski definition) is 3. The minimum absolute atomic E-state index is 0.408. The Morgan fingerprint density at radius 3 is 2.23 bits per heavy atom. The van der Waals surface area contributed by atoms with Crippen LogP contribution in [0.15, 0.2) is 60.8 Å². The number of fused-ring (bicyclic) bond motifs is 1. The van der Waals surface area contributed by atoms with E-state index in [0.29, 0.717) is 18.7 Å². The van der Waals surface area contributed by atoms with Gasteiger partial charge in [-0.05, 0) is 18.2 Å². The number of aromatic nitrogens is 1. The molecular formula is C21H21N3O2. The Labute approximate surface area is 152 Å². The number of nitrogens with zero attached hydrogens (tertiary/aromatic N) is 3. The molecule has 0 unspecified atom stereocenters. The van der Waals surface area contributed by atoms with Gasteiger partial charge < -0.3 is 14.4 Å². The van der Waals surface area contributed by atoms with Crippen LogP contribution in [0.2, 0.25) is 0 Å². The van der Waals surface area contributed by atoms with E-state index in [1.54, 1.807) is 11.1 Å². The van der Waals surface area contributed by atoms with Crippen molar-refractivity contribution in [1.29, 1.82) is 0 Å². The van der Waals surface area contributed by atoms with E-state index < -0.39 is 11.7 Å². The van der Waals surface area contributed by atoms with E-state index in [1.165, 1.54) is 0 Å². The third-order valence-electron chi connectivity index (χ3n) is 5.02. The number of Topliss-reactive ketones (excluding diaryl/α,β-unsaturated/α-hetero) is 1. The highest BCUT2D eigenvalue weighted by molar-refractivity contribution is 6.44. The Morgan fingerprint density at radius 1 is 0.846 bits per heavy atom. The maximum absolute atomic E-state index is 12.8. The molecule has 0 aliphatic carbocycles. The molecule has 1 saturated heterocycles.